The fraction of sp³-hybridized carbons (Fsp3) is 0.588. The van der Waals surface area contributed by atoms with Crippen LogP contribution in [0.2, 0.25) is 0 Å². The third-order valence-electron chi connectivity index (χ3n) is 4.30. The monoisotopic (exact) mass is 448 g/mol. The zero-order chi connectivity index (χ0) is 15.9. The summed E-state index contributed by atoms with van der Waals surface area (Å²) in [7, 11) is 1.87. The van der Waals surface area contributed by atoms with Crippen LogP contribution in [0.25, 0.3) is 0 Å². The number of anilines is 1. The largest absolute Gasteiger partial charge is 0.368 e. The average molecular weight is 448 g/mol. The maximum atomic E-state index is 4.42. The van der Waals surface area contributed by atoms with Crippen LogP contribution in [0.15, 0.2) is 23.2 Å². The van der Waals surface area contributed by atoms with E-state index < -0.39 is 0 Å². The number of nitrogens with one attached hydrogen (secondary N) is 1. The Balaban J connectivity index is 0.00000264. The Bertz CT molecular complexity index is 513. The van der Waals surface area contributed by atoms with Crippen LogP contribution in [-0.2, 0) is 0 Å². The molecule has 4 nitrogen and oxygen atoms in total. The Morgan fingerprint density at radius 1 is 1.22 bits per heavy atom. The molecule has 1 heterocycles. The second-order valence-corrected chi connectivity index (χ2v) is 6.65. The molecule has 0 aliphatic carbocycles. The molecule has 1 aliphatic rings. The Hall–Kier alpha value is -0.630. The average Bonchev–Trinajstić information content (AvgIpc) is 2.55. The number of aryl methyl sites for hydroxylation is 1. The normalized spacial score (nSPS) is 15.4. The van der Waals surface area contributed by atoms with Gasteiger partial charge in [0.05, 0.1) is 0 Å². The van der Waals surface area contributed by atoms with Gasteiger partial charge >= 0.3 is 0 Å². The lowest BCUT2D eigenvalue weighted by Gasteiger charge is -2.38. The van der Waals surface area contributed by atoms with Crippen LogP contribution >= 0.6 is 35.7 Å². The Morgan fingerprint density at radius 2 is 1.91 bits per heavy atom. The van der Waals surface area contributed by atoms with Crippen LogP contribution in [0, 0.1) is 13.8 Å². The predicted molar refractivity (Wildman–Crippen MR) is 115 cm³/mol. The van der Waals surface area contributed by atoms with Gasteiger partial charge in [-0.15, -0.1) is 24.0 Å². The maximum Gasteiger partial charge on any atom is 0.193 e. The van der Waals surface area contributed by atoms with E-state index in [1.54, 1.807) is 0 Å². The van der Waals surface area contributed by atoms with E-state index in [4.69, 9.17) is 0 Å². The number of hydrogen-bond donors (Lipinski definition) is 1. The number of benzene rings is 1. The molecule has 6 heteroatoms. The first kappa shape index (κ1) is 20.4. The highest BCUT2D eigenvalue weighted by molar-refractivity contribution is 14.0. The van der Waals surface area contributed by atoms with Gasteiger partial charge in [-0.05, 0) is 37.3 Å². The maximum absolute atomic E-state index is 4.42. The molecule has 0 atom stereocenters. The van der Waals surface area contributed by atoms with Crippen molar-refractivity contribution in [2.24, 2.45) is 4.99 Å². The van der Waals surface area contributed by atoms with Gasteiger partial charge in [0.1, 0.15) is 0 Å². The minimum atomic E-state index is 0. The van der Waals surface area contributed by atoms with Crippen molar-refractivity contribution in [3.05, 3.63) is 29.3 Å². The van der Waals surface area contributed by atoms with Gasteiger partial charge in [0, 0.05) is 51.2 Å². The van der Waals surface area contributed by atoms with Crippen molar-refractivity contribution in [1.82, 2.24) is 10.2 Å². The van der Waals surface area contributed by atoms with Crippen LogP contribution in [0.1, 0.15) is 11.1 Å². The summed E-state index contributed by atoms with van der Waals surface area (Å²) in [5.74, 6) is 2.15. The lowest BCUT2D eigenvalue weighted by molar-refractivity contribution is 0.373. The van der Waals surface area contributed by atoms with Crippen LogP contribution in [-0.4, -0.2) is 62.6 Å². The van der Waals surface area contributed by atoms with E-state index in [-0.39, 0.29) is 24.0 Å². The minimum Gasteiger partial charge on any atom is -0.368 e. The first-order valence-electron chi connectivity index (χ1n) is 7.93. The molecule has 1 N–H and O–H groups in total. The van der Waals surface area contributed by atoms with Crippen LogP contribution in [0.5, 0.6) is 0 Å². The molecule has 1 aromatic carbocycles. The van der Waals surface area contributed by atoms with Crippen molar-refractivity contribution in [2.75, 3.05) is 56.7 Å². The van der Waals surface area contributed by atoms with Gasteiger partial charge in [-0.3, -0.25) is 4.99 Å². The van der Waals surface area contributed by atoms with Crippen molar-refractivity contribution in [3.63, 3.8) is 0 Å². The molecule has 1 fully saturated rings. The molecule has 130 valence electrons. The standard InChI is InChI=1S/C17H28N4S.HI/c1-14-6-5-7-16(15(14)2)20-9-11-21(12-10-20)17(18-3)19-8-13-22-4;/h5-7H,8-13H2,1-4H3,(H,18,19);1H. The Kier molecular flexibility index (Phi) is 9.12. The molecule has 0 saturated carbocycles. The van der Waals surface area contributed by atoms with Crippen LogP contribution in [0.4, 0.5) is 5.69 Å². The Labute approximate surface area is 162 Å². The minimum absolute atomic E-state index is 0. The van der Waals surface area contributed by atoms with E-state index in [1.165, 1.54) is 16.8 Å². The molecule has 1 aliphatic heterocycles. The van der Waals surface area contributed by atoms with Crippen molar-refractivity contribution in [1.29, 1.82) is 0 Å². The highest BCUT2D eigenvalue weighted by Gasteiger charge is 2.20. The van der Waals surface area contributed by atoms with Crippen molar-refractivity contribution >= 4 is 47.4 Å². The number of rotatable bonds is 4. The third-order valence-corrected chi connectivity index (χ3v) is 4.91. The van der Waals surface area contributed by atoms with E-state index in [9.17, 15) is 0 Å². The van der Waals surface area contributed by atoms with E-state index >= 15 is 0 Å². The lowest BCUT2D eigenvalue weighted by atomic mass is 10.1. The summed E-state index contributed by atoms with van der Waals surface area (Å²) in [6.45, 7) is 9.53. The van der Waals surface area contributed by atoms with Gasteiger partial charge in [-0.1, -0.05) is 12.1 Å². The van der Waals surface area contributed by atoms with Gasteiger partial charge < -0.3 is 15.1 Å². The second-order valence-electron chi connectivity index (χ2n) is 5.66. The summed E-state index contributed by atoms with van der Waals surface area (Å²) in [5, 5.41) is 3.45. The van der Waals surface area contributed by atoms with Gasteiger partial charge in [0.25, 0.3) is 0 Å². The summed E-state index contributed by atoms with van der Waals surface area (Å²) in [6.07, 6.45) is 2.13. The van der Waals surface area contributed by atoms with Gasteiger partial charge in [0.2, 0.25) is 0 Å². The topological polar surface area (TPSA) is 30.9 Å². The highest BCUT2D eigenvalue weighted by Crippen LogP contribution is 2.23. The van der Waals surface area contributed by atoms with Crippen molar-refractivity contribution in [3.8, 4) is 0 Å². The number of nitrogens with zero attached hydrogens (tertiary/aromatic N) is 3. The Morgan fingerprint density at radius 3 is 2.52 bits per heavy atom. The number of hydrogen-bond acceptors (Lipinski definition) is 3. The van der Waals surface area contributed by atoms with E-state index in [0.717, 1.165) is 44.4 Å². The molecule has 0 spiro atoms. The molecule has 23 heavy (non-hydrogen) atoms. The number of piperazine rings is 1. The number of aliphatic imine (C=N–C) groups is 1. The summed E-state index contributed by atoms with van der Waals surface area (Å²) >= 11 is 1.86. The van der Waals surface area contributed by atoms with E-state index in [0.29, 0.717) is 0 Å². The zero-order valence-electron chi connectivity index (χ0n) is 14.6. The summed E-state index contributed by atoms with van der Waals surface area (Å²) in [5.41, 5.74) is 4.15. The molecule has 0 unspecified atom stereocenters. The molecule has 0 aromatic heterocycles. The summed E-state index contributed by atoms with van der Waals surface area (Å²) in [4.78, 5) is 9.27. The summed E-state index contributed by atoms with van der Waals surface area (Å²) in [6, 6.07) is 6.59. The van der Waals surface area contributed by atoms with Gasteiger partial charge in [0.15, 0.2) is 5.96 Å². The fourth-order valence-corrected chi connectivity index (χ4v) is 3.14. The first-order chi connectivity index (χ1) is 10.7. The quantitative estimate of drug-likeness (QED) is 0.332. The zero-order valence-corrected chi connectivity index (χ0v) is 17.8. The molecular weight excluding hydrogens is 419 g/mol. The van der Waals surface area contributed by atoms with E-state index in [2.05, 4.69) is 58.4 Å². The smallest absolute Gasteiger partial charge is 0.193 e. The molecular formula is C17H29IN4S. The van der Waals surface area contributed by atoms with Gasteiger partial charge in [-0.2, -0.15) is 11.8 Å². The second kappa shape index (κ2) is 10.3. The first-order valence-corrected chi connectivity index (χ1v) is 9.32. The number of halogens is 1. The van der Waals surface area contributed by atoms with Crippen molar-refractivity contribution < 1.29 is 0 Å². The number of guanidine groups is 1. The molecule has 1 aromatic rings. The molecule has 1 saturated heterocycles. The predicted octanol–water partition coefficient (Wildman–Crippen LogP) is 2.98. The molecule has 0 amide bonds. The van der Waals surface area contributed by atoms with Crippen molar-refractivity contribution in [2.45, 2.75) is 13.8 Å². The molecule has 0 radical (unpaired) electrons. The van der Waals surface area contributed by atoms with Gasteiger partial charge in [-0.25, -0.2) is 0 Å². The van der Waals surface area contributed by atoms with Crippen LogP contribution in [0.3, 0.4) is 0 Å². The lowest BCUT2D eigenvalue weighted by Crippen LogP contribution is -2.53. The third kappa shape index (κ3) is 5.45. The summed E-state index contributed by atoms with van der Waals surface area (Å²) < 4.78 is 0. The molecule has 2 rings (SSSR count). The fourth-order valence-electron chi connectivity index (χ4n) is 2.83. The molecule has 0 bridgehead atoms. The van der Waals surface area contributed by atoms with Crippen LogP contribution < -0.4 is 10.2 Å². The van der Waals surface area contributed by atoms with E-state index in [1.807, 2.05) is 18.8 Å². The number of thioether (sulfide) groups is 1. The SMILES string of the molecule is CN=C(NCCSC)N1CCN(c2cccc(C)c2C)CC1.I. The highest BCUT2D eigenvalue weighted by atomic mass is 127.